The van der Waals surface area contributed by atoms with Crippen LogP contribution in [-0.2, 0) is 25.6 Å². The molecule has 1 unspecified atom stereocenters. The van der Waals surface area contributed by atoms with Gasteiger partial charge in [-0.25, -0.2) is 4.79 Å². The Hall–Kier alpha value is -2.94. The van der Waals surface area contributed by atoms with E-state index in [9.17, 15) is 24.3 Å². The van der Waals surface area contributed by atoms with Crippen LogP contribution in [0.5, 0.6) is 11.5 Å². The van der Waals surface area contributed by atoms with Crippen molar-refractivity contribution < 1.29 is 33.8 Å². The van der Waals surface area contributed by atoms with Gasteiger partial charge >= 0.3 is 17.9 Å². The lowest BCUT2D eigenvalue weighted by Gasteiger charge is -2.21. The molecular formula is C19H26N2O7. The van der Waals surface area contributed by atoms with Gasteiger partial charge in [0.15, 0.2) is 11.5 Å². The van der Waals surface area contributed by atoms with Crippen LogP contribution in [-0.4, -0.2) is 41.0 Å². The standard InChI is InChI=1S/C19H26N2O7/c1-5-10(2)17(20)18(24)21-14(19(25)26)8-13-6-7-15(27-11(3)22)16(9-13)28-12(4)23/h6-7,9-10,14,17H,5,8,20H2,1-4H3,(H,21,24)(H,25,26)/t10?,14-,17-/m0/s1. The number of amides is 1. The SMILES string of the molecule is CCC(C)[C@H](N)C(=O)N[C@@H](Cc1ccc(OC(C)=O)c(OC(C)=O)c1)C(=O)O. The Morgan fingerprint density at radius 1 is 1.11 bits per heavy atom. The maximum Gasteiger partial charge on any atom is 0.326 e. The zero-order chi connectivity index (χ0) is 21.4. The molecule has 0 radical (unpaired) electrons. The van der Waals surface area contributed by atoms with Crippen LogP contribution in [0.15, 0.2) is 18.2 Å². The summed E-state index contributed by atoms with van der Waals surface area (Å²) in [5, 5.41) is 11.9. The lowest BCUT2D eigenvalue weighted by atomic mass is 9.98. The highest BCUT2D eigenvalue weighted by Gasteiger charge is 2.26. The first-order valence-corrected chi connectivity index (χ1v) is 8.83. The first-order chi connectivity index (χ1) is 13.0. The van der Waals surface area contributed by atoms with Crippen molar-refractivity contribution in [3.8, 4) is 11.5 Å². The Bertz CT molecular complexity index is 748. The minimum absolute atomic E-state index is 0.0213. The Labute approximate surface area is 163 Å². The third-order valence-electron chi connectivity index (χ3n) is 4.13. The molecule has 1 aromatic carbocycles. The third-order valence-corrected chi connectivity index (χ3v) is 4.13. The Kier molecular flexibility index (Phi) is 8.59. The minimum atomic E-state index is -1.23. The van der Waals surface area contributed by atoms with Crippen LogP contribution in [0.2, 0.25) is 0 Å². The number of carboxylic acids is 1. The molecule has 0 aliphatic heterocycles. The molecular weight excluding hydrogens is 368 g/mol. The number of hydrogen-bond donors (Lipinski definition) is 3. The average Bonchev–Trinajstić information content (AvgIpc) is 2.60. The summed E-state index contributed by atoms with van der Waals surface area (Å²) in [5.41, 5.74) is 6.30. The number of ether oxygens (including phenoxy) is 2. The van der Waals surface area contributed by atoms with E-state index in [1.165, 1.54) is 32.0 Å². The van der Waals surface area contributed by atoms with Crippen molar-refractivity contribution in [2.45, 2.75) is 52.6 Å². The smallest absolute Gasteiger partial charge is 0.326 e. The van der Waals surface area contributed by atoms with Crippen LogP contribution < -0.4 is 20.5 Å². The molecule has 0 saturated carbocycles. The number of rotatable bonds is 9. The summed E-state index contributed by atoms with van der Waals surface area (Å²) >= 11 is 0. The lowest BCUT2D eigenvalue weighted by Crippen LogP contribution is -2.51. The molecule has 0 heterocycles. The number of nitrogens with one attached hydrogen (secondary N) is 1. The van der Waals surface area contributed by atoms with Gasteiger partial charge in [0.25, 0.3) is 0 Å². The van der Waals surface area contributed by atoms with E-state index in [0.717, 1.165) is 0 Å². The molecule has 0 aliphatic carbocycles. The van der Waals surface area contributed by atoms with Gasteiger partial charge in [-0.1, -0.05) is 26.3 Å². The zero-order valence-electron chi connectivity index (χ0n) is 16.4. The van der Waals surface area contributed by atoms with Gasteiger partial charge in [-0.15, -0.1) is 0 Å². The second-order valence-corrected chi connectivity index (χ2v) is 6.48. The molecule has 28 heavy (non-hydrogen) atoms. The normalized spacial score (nSPS) is 13.8. The van der Waals surface area contributed by atoms with E-state index in [-0.39, 0.29) is 23.8 Å². The number of nitrogens with two attached hydrogens (primary N) is 1. The van der Waals surface area contributed by atoms with Crippen LogP contribution in [0.4, 0.5) is 0 Å². The molecule has 0 aliphatic rings. The maximum absolute atomic E-state index is 12.2. The first-order valence-electron chi connectivity index (χ1n) is 8.83. The molecule has 9 heteroatoms. The molecule has 0 saturated heterocycles. The minimum Gasteiger partial charge on any atom is -0.480 e. The van der Waals surface area contributed by atoms with Crippen LogP contribution >= 0.6 is 0 Å². The summed E-state index contributed by atoms with van der Waals surface area (Å²) in [6.07, 6.45) is 0.596. The van der Waals surface area contributed by atoms with Crippen LogP contribution in [0.1, 0.15) is 39.7 Å². The quantitative estimate of drug-likeness (QED) is 0.416. The molecule has 9 nitrogen and oxygen atoms in total. The summed E-state index contributed by atoms with van der Waals surface area (Å²) in [7, 11) is 0. The molecule has 1 aromatic rings. The highest BCUT2D eigenvalue weighted by Crippen LogP contribution is 2.29. The second kappa shape index (κ2) is 10.4. The van der Waals surface area contributed by atoms with Gasteiger partial charge in [0, 0.05) is 20.3 Å². The molecule has 1 amide bonds. The van der Waals surface area contributed by atoms with Crippen LogP contribution in [0, 0.1) is 5.92 Å². The second-order valence-electron chi connectivity index (χ2n) is 6.48. The number of carbonyl (C=O) groups is 4. The number of carbonyl (C=O) groups excluding carboxylic acids is 3. The van der Waals surface area contributed by atoms with E-state index >= 15 is 0 Å². The fourth-order valence-electron chi connectivity index (χ4n) is 2.37. The summed E-state index contributed by atoms with van der Waals surface area (Å²) < 4.78 is 9.99. The van der Waals surface area contributed by atoms with Crippen molar-refractivity contribution in [2.75, 3.05) is 0 Å². The van der Waals surface area contributed by atoms with E-state index in [0.29, 0.717) is 12.0 Å². The number of aliphatic carboxylic acids is 1. The molecule has 3 atom stereocenters. The van der Waals surface area contributed by atoms with Crippen molar-refractivity contribution in [3.63, 3.8) is 0 Å². The molecule has 0 fully saturated rings. The van der Waals surface area contributed by atoms with Crippen LogP contribution in [0.3, 0.4) is 0 Å². The zero-order valence-corrected chi connectivity index (χ0v) is 16.4. The summed E-state index contributed by atoms with van der Waals surface area (Å²) in [6.45, 7) is 6.07. The van der Waals surface area contributed by atoms with E-state index in [1.54, 1.807) is 6.92 Å². The molecule has 4 N–H and O–H groups in total. The van der Waals surface area contributed by atoms with Gasteiger partial charge in [-0.3, -0.25) is 14.4 Å². The van der Waals surface area contributed by atoms with Gasteiger partial charge in [-0.05, 0) is 23.6 Å². The number of benzene rings is 1. The Morgan fingerprint density at radius 2 is 1.68 bits per heavy atom. The highest BCUT2D eigenvalue weighted by molar-refractivity contribution is 5.87. The Balaban J connectivity index is 3.03. The molecule has 0 aromatic heterocycles. The van der Waals surface area contributed by atoms with E-state index in [2.05, 4.69) is 5.32 Å². The lowest BCUT2D eigenvalue weighted by molar-refractivity contribution is -0.142. The molecule has 0 bridgehead atoms. The van der Waals surface area contributed by atoms with Crippen molar-refractivity contribution >= 4 is 23.8 Å². The predicted molar refractivity (Wildman–Crippen MR) is 99.8 cm³/mol. The van der Waals surface area contributed by atoms with E-state index < -0.39 is 35.9 Å². The predicted octanol–water partition coefficient (Wildman–Crippen LogP) is 1.02. The van der Waals surface area contributed by atoms with Gasteiger partial charge < -0.3 is 25.6 Å². The van der Waals surface area contributed by atoms with Crippen molar-refractivity contribution in [1.82, 2.24) is 5.32 Å². The number of carboxylic acid groups (broad SMARTS) is 1. The van der Waals surface area contributed by atoms with Crippen molar-refractivity contribution in [2.24, 2.45) is 11.7 Å². The van der Waals surface area contributed by atoms with Crippen LogP contribution in [0.25, 0.3) is 0 Å². The van der Waals surface area contributed by atoms with Gasteiger partial charge in [0.2, 0.25) is 5.91 Å². The van der Waals surface area contributed by atoms with Gasteiger partial charge in [0.05, 0.1) is 6.04 Å². The fraction of sp³-hybridized carbons (Fsp3) is 0.474. The fourth-order valence-corrected chi connectivity index (χ4v) is 2.37. The largest absolute Gasteiger partial charge is 0.480 e. The van der Waals surface area contributed by atoms with Crippen molar-refractivity contribution in [1.29, 1.82) is 0 Å². The molecule has 0 spiro atoms. The third kappa shape index (κ3) is 6.99. The average molecular weight is 394 g/mol. The first kappa shape index (κ1) is 23.1. The molecule has 154 valence electrons. The number of hydrogen-bond acceptors (Lipinski definition) is 7. The topological polar surface area (TPSA) is 145 Å². The number of esters is 2. The molecule has 1 rings (SSSR count). The monoisotopic (exact) mass is 394 g/mol. The van der Waals surface area contributed by atoms with E-state index in [1.807, 2.05) is 6.92 Å². The van der Waals surface area contributed by atoms with E-state index in [4.69, 9.17) is 15.2 Å². The highest BCUT2D eigenvalue weighted by atomic mass is 16.6. The van der Waals surface area contributed by atoms with Crippen molar-refractivity contribution in [3.05, 3.63) is 23.8 Å². The maximum atomic E-state index is 12.2. The Morgan fingerprint density at radius 3 is 2.18 bits per heavy atom. The summed E-state index contributed by atoms with van der Waals surface area (Å²) in [6, 6.07) is 2.24. The van der Waals surface area contributed by atoms with Gasteiger partial charge in [0.1, 0.15) is 6.04 Å². The summed E-state index contributed by atoms with van der Waals surface area (Å²) in [4.78, 5) is 46.2. The van der Waals surface area contributed by atoms with Gasteiger partial charge in [-0.2, -0.15) is 0 Å². The summed E-state index contributed by atoms with van der Waals surface area (Å²) in [5.74, 6) is -3.12.